The van der Waals surface area contributed by atoms with E-state index in [-0.39, 0.29) is 18.0 Å². The molecular formula is C15H24N2O3. The standard InChI is InChI=1S/C15H24N2O3/c1-5-7-8-10(3)9-12-13(14(18)20-6-2)11(4)16-15(19)17-12/h5,10,12H,1,6-9H2,2-4H3,(H2,16,17,19). The van der Waals surface area contributed by atoms with Crippen LogP contribution in [0.15, 0.2) is 23.9 Å². The SMILES string of the molecule is C=CCCC(C)CC1NC(=O)NC(C)=C1C(=O)OCC. The molecule has 2 atom stereocenters. The molecule has 1 aliphatic rings. The molecule has 2 unspecified atom stereocenters. The van der Waals surface area contributed by atoms with Crippen LogP contribution < -0.4 is 10.6 Å². The average molecular weight is 280 g/mol. The van der Waals surface area contributed by atoms with E-state index in [0.29, 0.717) is 30.2 Å². The highest BCUT2D eigenvalue weighted by molar-refractivity contribution is 5.94. The lowest BCUT2D eigenvalue weighted by atomic mass is 9.91. The number of carbonyl (C=O) groups excluding carboxylic acids is 2. The molecule has 0 radical (unpaired) electrons. The van der Waals surface area contributed by atoms with Gasteiger partial charge in [-0.15, -0.1) is 6.58 Å². The molecule has 0 bridgehead atoms. The van der Waals surface area contributed by atoms with Gasteiger partial charge in [0.1, 0.15) is 0 Å². The molecule has 0 saturated heterocycles. The molecule has 0 aliphatic carbocycles. The lowest BCUT2D eigenvalue weighted by Gasteiger charge is -2.29. The van der Waals surface area contributed by atoms with Gasteiger partial charge in [0.25, 0.3) is 0 Å². The summed E-state index contributed by atoms with van der Waals surface area (Å²) in [7, 11) is 0. The molecule has 2 N–H and O–H groups in total. The van der Waals surface area contributed by atoms with E-state index in [1.165, 1.54) is 0 Å². The first-order valence-corrected chi connectivity index (χ1v) is 7.05. The number of carbonyl (C=O) groups is 2. The lowest BCUT2D eigenvalue weighted by molar-refractivity contribution is -0.139. The number of hydrogen-bond acceptors (Lipinski definition) is 3. The molecule has 20 heavy (non-hydrogen) atoms. The summed E-state index contributed by atoms with van der Waals surface area (Å²) >= 11 is 0. The van der Waals surface area contributed by atoms with Crippen LogP contribution in [0.2, 0.25) is 0 Å². The maximum atomic E-state index is 12.0. The highest BCUT2D eigenvalue weighted by Gasteiger charge is 2.31. The Balaban J connectivity index is 2.83. The van der Waals surface area contributed by atoms with E-state index < -0.39 is 0 Å². The van der Waals surface area contributed by atoms with Crippen LogP contribution in [0.3, 0.4) is 0 Å². The van der Waals surface area contributed by atoms with Gasteiger partial charge in [0.05, 0.1) is 18.2 Å². The molecule has 1 heterocycles. The molecule has 0 aromatic carbocycles. The van der Waals surface area contributed by atoms with Crippen LogP contribution in [-0.4, -0.2) is 24.6 Å². The van der Waals surface area contributed by atoms with Gasteiger partial charge in [0.15, 0.2) is 0 Å². The fourth-order valence-corrected chi connectivity index (χ4v) is 2.37. The predicted octanol–water partition coefficient (Wildman–Crippen LogP) is 2.50. The smallest absolute Gasteiger partial charge is 0.337 e. The van der Waals surface area contributed by atoms with Crippen LogP contribution >= 0.6 is 0 Å². The Hall–Kier alpha value is -1.78. The average Bonchev–Trinajstić information content (AvgIpc) is 2.35. The van der Waals surface area contributed by atoms with Gasteiger partial charge in [-0.3, -0.25) is 0 Å². The molecule has 0 spiro atoms. The second-order valence-electron chi connectivity index (χ2n) is 5.12. The summed E-state index contributed by atoms with van der Waals surface area (Å²) in [5.74, 6) is 0.0204. The molecule has 5 nitrogen and oxygen atoms in total. The highest BCUT2D eigenvalue weighted by Crippen LogP contribution is 2.22. The highest BCUT2D eigenvalue weighted by atomic mass is 16.5. The van der Waals surface area contributed by atoms with E-state index in [4.69, 9.17) is 4.74 Å². The number of hydrogen-bond donors (Lipinski definition) is 2. The number of urea groups is 1. The number of rotatable bonds is 7. The van der Waals surface area contributed by atoms with Crippen molar-refractivity contribution in [1.29, 1.82) is 0 Å². The van der Waals surface area contributed by atoms with E-state index in [1.807, 2.05) is 6.08 Å². The van der Waals surface area contributed by atoms with E-state index in [0.717, 1.165) is 12.8 Å². The quantitative estimate of drug-likeness (QED) is 0.556. The van der Waals surface area contributed by atoms with Crippen molar-refractivity contribution in [2.75, 3.05) is 6.61 Å². The minimum absolute atomic E-state index is 0.267. The van der Waals surface area contributed by atoms with Crippen LogP contribution in [0, 0.1) is 5.92 Å². The van der Waals surface area contributed by atoms with Crippen LogP contribution in [0.25, 0.3) is 0 Å². The maximum absolute atomic E-state index is 12.0. The van der Waals surface area contributed by atoms with Crippen LogP contribution in [0.5, 0.6) is 0 Å². The van der Waals surface area contributed by atoms with E-state index >= 15 is 0 Å². The Labute approximate surface area is 120 Å². The summed E-state index contributed by atoms with van der Waals surface area (Å²) in [6.07, 6.45) is 4.51. The van der Waals surface area contributed by atoms with Crippen molar-refractivity contribution in [3.05, 3.63) is 23.9 Å². The topological polar surface area (TPSA) is 67.4 Å². The number of allylic oxidation sites excluding steroid dienone is 2. The van der Waals surface area contributed by atoms with Gasteiger partial charge in [0.2, 0.25) is 0 Å². The summed E-state index contributed by atoms with van der Waals surface area (Å²) in [6.45, 7) is 9.63. The molecule has 0 saturated carbocycles. The van der Waals surface area contributed by atoms with Crippen LogP contribution in [0.1, 0.15) is 40.0 Å². The van der Waals surface area contributed by atoms with Crippen molar-refractivity contribution in [3.63, 3.8) is 0 Å². The van der Waals surface area contributed by atoms with Gasteiger partial charge in [-0.2, -0.15) is 0 Å². The molecule has 5 heteroatoms. The minimum Gasteiger partial charge on any atom is -0.463 e. The molecule has 2 amide bonds. The Kier molecular flexibility index (Phi) is 6.28. The predicted molar refractivity (Wildman–Crippen MR) is 78.0 cm³/mol. The normalized spacial score (nSPS) is 19.9. The fraction of sp³-hybridized carbons (Fsp3) is 0.600. The third-order valence-corrected chi connectivity index (χ3v) is 3.36. The van der Waals surface area contributed by atoms with E-state index in [9.17, 15) is 9.59 Å². The molecule has 112 valence electrons. The van der Waals surface area contributed by atoms with Gasteiger partial charge in [0, 0.05) is 5.70 Å². The number of ether oxygens (including phenoxy) is 1. The molecule has 0 fully saturated rings. The van der Waals surface area contributed by atoms with Crippen molar-refractivity contribution < 1.29 is 14.3 Å². The fourth-order valence-electron chi connectivity index (χ4n) is 2.37. The first-order valence-electron chi connectivity index (χ1n) is 7.05. The van der Waals surface area contributed by atoms with E-state index in [1.54, 1.807) is 13.8 Å². The molecular weight excluding hydrogens is 256 g/mol. The zero-order valence-electron chi connectivity index (χ0n) is 12.5. The van der Waals surface area contributed by atoms with Crippen LogP contribution in [-0.2, 0) is 9.53 Å². The van der Waals surface area contributed by atoms with Crippen molar-refractivity contribution in [2.45, 2.75) is 46.1 Å². The van der Waals surface area contributed by atoms with Crippen LogP contribution in [0.4, 0.5) is 4.79 Å². The van der Waals surface area contributed by atoms with Gasteiger partial charge in [-0.1, -0.05) is 13.0 Å². The molecule has 1 aliphatic heterocycles. The molecule has 1 rings (SSSR count). The van der Waals surface area contributed by atoms with Gasteiger partial charge >= 0.3 is 12.0 Å². The second-order valence-corrected chi connectivity index (χ2v) is 5.12. The number of esters is 1. The summed E-state index contributed by atoms with van der Waals surface area (Å²) in [5, 5.41) is 5.44. The Morgan fingerprint density at radius 3 is 2.85 bits per heavy atom. The number of amides is 2. The van der Waals surface area contributed by atoms with Gasteiger partial charge in [-0.05, 0) is 39.0 Å². The molecule has 0 aromatic rings. The van der Waals surface area contributed by atoms with Gasteiger partial charge < -0.3 is 15.4 Å². The zero-order valence-corrected chi connectivity index (χ0v) is 12.5. The molecule has 0 aromatic heterocycles. The van der Waals surface area contributed by atoms with Crippen molar-refractivity contribution >= 4 is 12.0 Å². The van der Waals surface area contributed by atoms with Crippen molar-refractivity contribution in [2.24, 2.45) is 5.92 Å². The summed E-state index contributed by atoms with van der Waals surface area (Å²) in [5.41, 5.74) is 1.10. The Morgan fingerprint density at radius 1 is 1.55 bits per heavy atom. The summed E-state index contributed by atoms with van der Waals surface area (Å²) in [6, 6.07) is -0.556. The van der Waals surface area contributed by atoms with Crippen molar-refractivity contribution in [1.82, 2.24) is 10.6 Å². The largest absolute Gasteiger partial charge is 0.463 e. The number of nitrogens with one attached hydrogen (secondary N) is 2. The Morgan fingerprint density at radius 2 is 2.25 bits per heavy atom. The Bertz CT molecular complexity index is 415. The first kappa shape index (κ1) is 16.3. The first-order chi connectivity index (χ1) is 9.49. The lowest BCUT2D eigenvalue weighted by Crippen LogP contribution is -2.50. The monoisotopic (exact) mass is 280 g/mol. The minimum atomic E-state index is -0.363. The summed E-state index contributed by atoms with van der Waals surface area (Å²) in [4.78, 5) is 23.6. The van der Waals surface area contributed by atoms with E-state index in [2.05, 4.69) is 24.1 Å². The maximum Gasteiger partial charge on any atom is 0.337 e. The zero-order chi connectivity index (χ0) is 15.1. The second kappa shape index (κ2) is 7.72. The third kappa shape index (κ3) is 4.40. The summed E-state index contributed by atoms with van der Waals surface area (Å²) < 4.78 is 5.08. The third-order valence-electron chi connectivity index (χ3n) is 3.36. The van der Waals surface area contributed by atoms with Gasteiger partial charge in [-0.25, -0.2) is 9.59 Å². The van der Waals surface area contributed by atoms with Crippen molar-refractivity contribution in [3.8, 4) is 0 Å².